The van der Waals surface area contributed by atoms with Gasteiger partial charge in [-0.1, -0.05) is 6.07 Å². The van der Waals surface area contributed by atoms with Crippen LogP contribution in [0.5, 0.6) is 0 Å². The quantitative estimate of drug-likeness (QED) is 0.594. The van der Waals surface area contributed by atoms with E-state index in [4.69, 9.17) is 0 Å². The van der Waals surface area contributed by atoms with Crippen molar-refractivity contribution in [3.05, 3.63) is 56.9 Å². The average Bonchev–Trinajstić information content (AvgIpc) is 3.42. The highest BCUT2D eigenvalue weighted by Gasteiger charge is 2.27. The number of aryl methyl sites for hydroxylation is 2. The van der Waals surface area contributed by atoms with E-state index in [1.54, 1.807) is 17.5 Å². The first-order chi connectivity index (χ1) is 13.2. The van der Waals surface area contributed by atoms with Gasteiger partial charge < -0.3 is 5.32 Å². The molecule has 1 N–H and O–H groups in total. The van der Waals surface area contributed by atoms with Crippen LogP contribution >= 0.6 is 22.7 Å². The summed E-state index contributed by atoms with van der Waals surface area (Å²) in [5.41, 5.74) is 1.87. The van der Waals surface area contributed by atoms with Crippen LogP contribution in [0.3, 0.4) is 0 Å². The molecule has 1 aliphatic rings. The number of aromatic nitrogens is 2. The minimum Gasteiger partial charge on any atom is -0.317 e. The van der Waals surface area contributed by atoms with Gasteiger partial charge in [0.1, 0.15) is 5.00 Å². The molecule has 0 radical (unpaired) electrons. The van der Waals surface area contributed by atoms with Gasteiger partial charge in [-0.05, 0) is 55.2 Å². The molecular formula is C20H21N3O2S2. The fourth-order valence-electron chi connectivity index (χ4n) is 3.45. The van der Waals surface area contributed by atoms with Crippen molar-refractivity contribution in [2.75, 3.05) is 5.32 Å². The molecule has 4 rings (SSSR count). The highest BCUT2D eigenvalue weighted by atomic mass is 32.1. The number of amides is 1. The van der Waals surface area contributed by atoms with Crippen molar-refractivity contribution < 1.29 is 9.59 Å². The standard InChI is InChI=1S/C20H21N3O2S2/c24-17(9-3-11-23-12-5-10-21-23)22-20-18(19(25)16-8-4-13-26-16)14-6-1-2-7-15(14)27-20/h4-5,8,10,12-13H,1-3,6-7,9,11H2,(H,22,24). The van der Waals surface area contributed by atoms with Gasteiger partial charge in [0.25, 0.3) is 0 Å². The zero-order chi connectivity index (χ0) is 18.6. The molecule has 140 valence electrons. The van der Waals surface area contributed by atoms with Gasteiger partial charge in [-0.2, -0.15) is 5.10 Å². The van der Waals surface area contributed by atoms with Crippen LogP contribution in [0.15, 0.2) is 36.0 Å². The SMILES string of the molecule is O=C(CCCn1cccn1)Nc1sc2c(c1C(=O)c1cccs1)CCCC2. The van der Waals surface area contributed by atoms with Gasteiger partial charge in [0.05, 0.1) is 10.4 Å². The number of carbonyl (C=O) groups is 2. The number of ketones is 1. The van der Waals surface area contributed by atoms with Crippen LogP contribution in [-0.2, 0) is 24.2 Å². The first kappa shape index (κ1) is 18.1. The monoisotopic (exact) mass is 399 g/mol. The van der Waals surface area contributed by atoms with Gasteiger partial charge in [-0.3, -0.25) is 14.3 Å². The van der Waals surface area contributed by atoms with Crippen molar-refractivity contribution in [2.24, 2.45) is 0 Å². The zero-order valence-electron chi connectivity index (χ0n) is 14.9. The molecule has 0 fully saturated rings. The van der Waals surface area contributed by atoms with Gasteiger partial charge in [0.15, 0.2) is 0 Å². The molecule has 0 unspecified atom stereocenters. The third-order valence-corrected chi connectivity index (χ3v) is 6.82. The summed E-state index contributed by atoms with van der Waals surface area (Å²) >= 11 is 3.03. The summed E-state index contributed by atoms with van der Waals surface area (Å²) in [6.45, 7) is 0.711. The Bertz CT molecular complexity index is 927. The molecule has 3 aromatic rings. The summed E-state index contributed by atoms with van der Waals surface area (Å²) in [7, 11) is 0. The molecule has 27 heavy (non-hydrogen) atoms. The van der Waals surface area contributed by atoms with E-state index < -0.39 is 0 Å². The number of hydrogen-bond acceptors (Lipinski definition) is 5. The lowest BCUT2D eigenvalue weighted by Gasteiger charge is -2.12. The number of rotatable bonds is 7. The number of carbonyl (C=O) groups excluding carboxylic acids is 2. The number of nitrogens with zero attached hydrogens (tertiary/aromatic N) is 2. The molecular weight excluding hydrogens is 378 g/mol. The highest BCUT2D eigenvalue weighted by molar-refractivity contribution is 7.17. The molecule has 0 saturated heterocycles. The van der Waals surface area contributed by atoms with E-state index in [2.05, 4.69) is 10.4 Å². The van der Waals surface area contributed by atoms with Crippen molar-refractivity contribution in [2.45, 2.75) is 45.1 Å². The van der Waals surface area contributed by atoms with E-state index in [9.17, 15) is 9.59 Å². The molecule has 3 aromatic heterocycles. The number of nitrogens with one attached hydrogen (secondary N) is 1. The number of anilines is 1. The van der Waals surface area contributed by atoms with E-state index in [1.165, 1.54) is 16.2 Å². The summed E-state index contributed by atoms with van der Waals surface area (Å²) < 4.78 is 1.82. The van der Waals surface area contributed by atoms with Gasteiger partial charge in [0, 0.05) is 30.2 Å². The normalized spacial score (nSPS) is 13.3. The molecule has 3 heterocycles. The van der Waals surface area contributed by atoms with Gasteiger partial charge in [0.2, 0.25) is 11.7 Å². The summed E-state index contributed by atoms with van der Waals surface area (Å²) in [6, 6.07) is 5.62. The molecule has 1 aliphatic carbocycles. The zero-order valence-corrected chi connectivity index (χ0v) is 16.6. The van der Waals surface area contributed by atoms with E-state index in [1.807, 2.05) is 34.5 Å². The topological polar surface area (TPSA) is 64.0 Å². The summed E-state index contributed by atoms with van der Waals surface area (Å²) in [5, 5.41) is 9.82. The van der Waals surface area contributed by atoms with Crippen LogP contribution in [0.4, 0.5) is 5.00 Å². The van der Waals surface area contributed by atoms with Crippen molar-refractivity contribution in [3.63, 3.8) is 0 Å². The third-order valence-electron chi connectivity index (χ3n) is 4.75. The fourth-order valence-corrected chi connectivity index (χ4v) is 5.42. The lowest BCUT2D eigenvalue weighted by atomic mass is 9.93. The smallest absolute Gasteiger partial charge is 0.225 e. The average molecular weight is 400 g/mol. The molecule has 5 nitrogen and oxygen atoms in total. The lowest BCUT2D eigenvalue weighted by molar-refractivity contribution is -0.116. The Morgan fingerprint density at radius 2 is 2.11 bits per heavy atom. The van der Waals surface area contributed by atoms with E-state index >= 15 is 0 Å². The minimum atomic E-state index is -0.0408. The van der Waals surface area contributed by atoms with Crippen LogP contribution in [0.2, 0.25) is 0 Å². The minimum absolute atomic E-state index is 0.0382. The molecule has 0 aromatic carbocycles. The Kier molecular flexibility index (Phi) is 5.50. The Balaban J connectivity index is 1.50. The maximum Gasteiger partial charge on any atom is 0.225 e. The van der Waals surface area contributed by atoms with Crippen LogP contribution in [0, 0.1) is 0 Å². The largest absolute Gasteiger partial charge is 0.317 e. The molecule has 1 amide bonds. The molecule has 0 aliphatic heterocycles. The van der Waals surface area contributed by atoms with Gasteiger partial charge in [-0.25, -0.2) is 0 Å². The third kappa shape index (κ3) is 4.04. The Morgan fingerprint density at radius 3 is 2.89 bits per heavy atom. The van der Waals surface area contributed by atoms with Crippen LogP contribution in [0.25, 0.3) is 0 Å². The summed E-state index contributed by atoms with van der Waals surface area (Å²) in [5.74, 6) is -0.00257. The fraction of sp³-hybridized carbons (Fsp3) is 0.350. The number of fused-ring (bicyclic) bond motifs is 1. The highest BCUT2D eigenvalue weighted by Crippen LogP contribution is 2.39. The number of hydrogen-bond donors (Lipinski definition) is 1. The van der Waals surface area contributed by atoms with Crippen LogP contribution in [-0.4, -0.2) is 21.5 Å². The second-order valence-corrected chi connectivity index (χ2v) is 8.70. The molecule has 0 bridgehead atoms. The molecule has 0 saturated carbocycles. The Hall–Kier alpha value is -2.25. The summed E-state index contributed by atoms with van der Waals surface area (Å²) in [6.07, 6.45) is 8.93. The molecule has 0 atom stereocenters. The van der Waals surface area contributed by atoms with E-state index in [-0.39, 0.29) is 11.7 Å². The first-order valence-electron chi connectivity index (χ1n) is 9.22. The Morgan fingerprint density at radius 1 is 1.22 bits per heavy atom. The van der Waals surface area contributed by atoms with Crippen molar-refractivity contribution >= 4 is 39.4 Å². The van der Waals surface area contributed by atoms with E-state index in [0.717, 1.165) is 46.7 Å². The van der Waals surface area contributed by atoms with Crippen molar-refractivity contribution in [1.29, 1.82) is 0 Å². The van der Waals surface area contributed by atoms with Crippen LogP contribution < -0.4 is 5.32 Å². The van der Waals surface area contributed by atoms with E-state index in [0.29, 0.717) is 19.4 Å². The predicted molar refractivity (Wildman–Crippen MR) is 109 cm³/mol. The van der Waals surface area contributed by atoms with Crippen LogP contribution in [0.1, 0.15) is 51.4 Å². The second kappa shape index (κ2) is 8.19. The lowest BCUT2D eigenvalue weighted by Crippen LogP contribution is -2.15. The van der Waals surface area contributed by atoms with Crippen molar-refractivity contribution in [1.82, 2.24) is 9.78 Å². The predicted octanol–water partition coefficient (Wildman–Crippen LogP) is 4.53. The number of thiophene rings is 2. The maximum atomic E-state index is 13.1. The van der Waals surface area contributed by atoms with Crippen molar-refractivity contribution in [3.8, 4) is 0 Å². The molecule has 0 spiro atoms. The van der Waals surface area contributed by atoms with Gasteiger partial charge in [-0.15, -0.1) is 22.7 Å². The maximum absolute atomic E-state index is 13.1. The summed E-state index contributed by atoms with van der Waals surface area (Å²) in [4.78, 5) is 27.5. The molecule has 7 heteroatoms. The Labute approximate surface area is 166 Å². The second-order valence-electron chi connectivity index (χ2n) is 6.64. The first-order valence-corrected chi connectivity index (χ1v) is 10.9. The van der Waals surface area contributed by atoms with Gasteiger partial charge >= 0.3 is 0 Å².